The summed E-state index contributed by atoms with van der Waals surface area (Å²) in [5.41, 5.74) is 3.36. The van der Waals surface area contributed by atoms with E-state index in [1.165, 1.54) is 10.7 Å². The fourth-order valence-electron chi connectivity index (χ4n) is 2.51. The van der Waals surface area contributed by atoms with Gasteiger partial charge in [0.1, 0.15) is 0 Å². The molecule has 0 aliphatic rings. The highest BCUT2D eigenvalue weighted by Crippen LogP contribution is 2.12. The molecule has 0 radical (unpaired) electrons. The third-order valence-corrected chi connectivity index (χ3v) is 3.86. The minimum absolute atomic E-state index is 0.277. The van der Waals surface area contributed by atoms with Crippen LogP contribution in [0.1, 0.15) is 19.5 Å². The number of nitrogens with zero attached hydrogens (tertiary/aromatic N) is 2. The number of aromatic amines is 1. The van der Waals surface area contributed by atoms with Crippen LogP contribution in [-0.2, 0) is 4.79 Å². The minimum atomic E-state index is -0.407. The number of carbonyl (C=O) groups excluding carboxylic acids is 1. The number of aryl methyl sites for hydroxylation is 1. The van der Waals surface area contributed by atoms with Gasteiger partial charge in [-0.15, -0.1) is 0 Å². The number of aromatic nitrogens is 3. The third-order valence-electron chi connectivity index (χ3n) is 3.86. The van der Waals surface area contributed by atoms with E-state index in [2.05, 4.69) is 10.5 Å². The van der Waals surface area contributed by atoms with Gasteiger partial charge in [0, 0.05) is 12.0 Å². The first-order chi connectivity index (χ1) is 11.4. The highest BCUT2D eigenvalue weighted by Gasteiger charge is 2.17. The zero-order valence-electron chi connectivity index (χ0n) is 13.7. The van der Waals surface area contributed by atoms with Crippen molar-refractivity contribution >= 4 is 16.8 Å². The van der Waals surface area contributed by atoms with E-state index in [4.69, 9.17) is 0 Å². The predicted molar refractivity (Wildman–Crippen MR) is 92.1 cm³/mol. The molecule has 0 fully saturated rings. The third kappa shape index (κ3) is 2.54. The van der Waals surface area contributed by atoms with Gasteiger partial charge in [-0.1, -0.05) is 32.0 Å². The molecule has 2 aromatic heterocycles. The van der Waals surface area contributed by atoms with Gasteiger partial charge in [-0.3, -0.25) is 24.9 Å². The summed E-state index contributed by atoms with van der Waals surface area (Å²) in [7, 11) is 0. The van der Waals surface area contributed by atoms with E-state index >= 15 is 0 Å². The Labute approximate surface area is 137 Å². The molecular weight excluding hydrogens is 308 g/mol. The lowest BCUT2D eigenvalue weighted by atomic mass is 10.2. The maximum atomic E-state index is 12.7. The van der Waals surface area contributed by atoms with Crippen LogP contribution in [-0.4, -0.2) is 20.4 Å². The van der Waals surface area contributed by atoms with Crippen LogP contribution in [0.15, 0.2) is 46.0 Å². The van der Waals surface area contributed by atoms with E-state index in [1.807, 2.05) is 18.2 Å². The van der Waals surface area contributed by atoms with Gasteiger partial charge in [-0.05, 0) is 19.1 Å². The lowest BCUT2D eigenvalue weighted by Crippen LogP contribution is -2.36. The molecular formula is C17H18N4O3. The molecule has 2 N–H and O–H groups in total. The Balaban J connectivity index is 2.22. The Morgan fingerprint density at radius 1 is 1.17 bits per heavy atom. The van der Waals surface area contributed by atoms with E-state index in [1.54, 1.807) is 32.9 Å². The van der Waals surface area contributed by atoms with Crippen molar-refractivity contribution in [3.63, 3.8) is 0 Å². The molecule has 3 aromatic rings. The van der Waals surface area contributed by atoms with Crippen molar-refractivity contribution in [2.75, 3.05) is 5.43 Å². The molecule has 2 heterocycles. The normalized spacial score (nSPS) is 11.2. The molecule has 0 spiro atoms. The Morgan fingerprint density at radius 2 is 1.83 bits per heavy atom. The molecule has 7 heteroatoms. The number of hydrogen-bond acceptors (Lipinski definition) is 3. The van der Waals surface area contributed by atoms with Gasteiger partial charge in [0.05, 0.1) is 22.3 Å². The Morgan fingerprint density at radius 3 is 2.46 bits per heavy atom. The zero-order chi connectivity index (χ0) is 17.4. The number of benzene rings is 1. The first-order valence-electron chi connectivity index (χ1n) is 7.64. The van der Waals surface area contributed by atoms with Gasteiger partial charge < -0.3 is 0 Å². The average Bonchev–Trinajstić information content (AvgIpc) is 2.88. The van der Waals surface area contributed by atoms with Crippen LogP contribution in [0.2, 0.25) is 0 Å². The van der Waals surface area contributed by atoms with Crippen LogP contribution in [0.3, 0.4) is 0 Å². The standard InChI is InChI=1S/C17H18N4O3/c1-10(2)16(23)19-20-11(3)15-13(9-14(20)22)18-21(17(15)24)12-7-5-4-6-8-12/h4-10,18H,1-3H3,(H,19,23). The van der Waals surface area contributed by atoms with Crippen molar-refractivity contribution in [1.29, 1.82) is 0 Å². The van der Waals surface area contributed by atoms with Crippen LogP contribution in [0.4, 0.5) is 0 Å². The van der Waals surface area contributed by atoms with Crippen molar-refractivity contribution in [1.82, 2.24) is 14.5 Å². The summed E-state index contributed by atoms with van der Waals surface area (Å²) in [6.07, 6.45) is 0. The topological polar surface area (TPSA) is 88.9 Å². The quantitative estimate of drug-likeness (QED) is 0.765. The number of pyridine rings is 1. The van der Waals surface area contributed by atoms with Crippen molar-refractivity contribution in [2.45, 2.75) is 20.8 Å². The smallest absolute Gasteiger partial charge is 0.280 e. The molecule has 0 saturated carbocycles. The summed E-state index contributed by atoms with van der Waals surface area (Å²) < 4.78 is 2.50. The molecule has 7 nitrogen and oxygen atoms in total. The van der Waals surface area contributed by atoms with Crippen LogP contribution in [0.25, 0.3) is 16.6 Å². The Hall–Kier alpha value is -3.09. The summed E-state index contributed by atoms with van der Waals surface area (Å²) >= 11 is 0. The molecule has 24 heavy (non-hydrogen) atoms. The van der Waals surface area contributed by atoms with Gasteiger partial charge in [0.25, 0.3) is 11.1 Å². The molecule has 0 saturated heterocycles. The van der Waals surface area contributed by atoms with Crippen LogP contribution >= 0.6 is 0 Å². The number of nitrogens with one attached hydrogen (secondary N) is 2. The maximum Gasteiger partial charge on any atom is 0.280 e. The molecule has 0 bridgehead atoms. The Kier molecular flexibility index (Phi) is 3.84. The van der Waals surface area contributed by atoms with Crippen LogP contribution in [0.5, 0.6) is 0 Å². The molecule has 124 valence electrons. The number of H-pyrrole nitrogens is 1. The molecule has 0 aliphatic carbocycles. The van der Waals surface area contributed by atoms with Crippen molar-refractivity contribution in [3.8, 4) is 5.69 Å². The lowest BCUT2D eigenvalue weighted by Gasteiger charge is -2.13. The van der Waals surface area contributed by atoms with E-state index in [9.17, 15) is 14.4 Å². The fourth-order valence-corrected chi connectivity index (χ4v) is 2.51. The van der Waals surface area contributed by atoms with Crippen LogP contribution in [0, 0.1) is 12.8 Å². The van der Waals surface area contributed by atoms with Crippen molar-refractivity contribution in [2.24, 2.45) is 5.92 Å². The molecule has 1 amide bonds. The number of fused-ring (bicyclic) bond motifs is 1. The van der Waals surface area contributed by atoms with Crippen molar-refractivity contribution in [3.05, 3.63) is 62.8 Å². The van der Waals surface area contributed by atoms with E-state index in [0.29, 0.717) is 22.3 Å². The molecule has 3 rings (SSSR count). The molecule has 0 unspecified atom stereocenters. The van der Waals surface area contributed by atoms with Gasteiger partial charge >= 0.3 is 0 Å². The van der Waals surface area contributed by atoms with E-state index < -0.39 is 5.56 Å². The largest absolute Gasteiger partial charge is 0.290 e. The Bertz CT molecular complexity index is 1030. The minimum Gasteiger partial charge on any atom is -0.290 e. The van der Waals surface area contributed by atoms with Crippen molar-refractivity contribution < 1.29 is 4.79 Å². The summed E-state index contributed by atoms with van der Waals surface area (Å²) in [6.45, 7) is 5.09. The number of carbonyl (C=O) groups is 1. The second-order valence-electron chi connectivity index (χ2n) is 5.91. The molecule has 0 aliphatic heterocycles. The first kappa shape index (κ1) is 15.8. The first-order valence-corrected chi connectivity index (χ1v) is 7.64. The number of hydrogen-bond donors (Lipinski definition) is 2. The summed E-state index contributed by atoms with van der Waals surface area (Å²) in [5.74, 6) is -0.572. The second-order valence-corrected chi connectivity index (χ2v) is 5.91. The number of rotatable bonds is 3. The van der Waals surface area contributed by atoms with Gasteiger partial charge in [-0.25, -0.2) is 9.36 Å². The molecule has 0 atom stereocenters. The average molecular weight is 326 g/mol. The van der Waals surface area contributed by atoms with E-state index in [-0.39, 0.29) is 17.4 Å². The van der Waals surface area contributed by atoms with Gasteiger partial charge in [-0.2, -0.15) is 0 Å². The fraction of sp³-hybridized carbons (Fsp3) is 0.235. The SMILES string of the molecule is Cc1c2c(=O)n(-c3ccccc3)[nH]c2cc(=O)n1NC(=O)C(C)C. The number of amides is 1. The summed E-state index contributed by atoms with van der Waals surface area (Å²) in [6, 6.07) is 10.4. The second kappa shape index (κ2) is 5.84. The van der Waals surface area contributed by atoms with Gasteiger partial charge in [0.2, 0.25) is 5.91 Å². The maximum absolute atomic E-state index is 12.7. The van der Waals surface area contributed by atoms with Gasteiger partial charge in [0.15, 0.2) is 0 Å². The van der Waals surface area contributed by atoms with E-state index in [0.717, 1.165) is 4.68 Å². The monoisotopic (exact) mass is 326 g/mol. The summed E-state index contributed by atoms with van der Waals surface area (Å²) in [5, 5.41) is 3.31. The zero-order valence-corrected chi connectivity index (χ0v) is 13.7. The molecule has 1 aromatic carbocycles. The van der Waals surface area contributed by atoms with Crippen LogP contribution < -0.4 is 16.5 Å². The lowest BCUT2D eigenvalue weighted by molar-refractivity contribution is -0.119. The highest BCUT2D eigenvalue weighted by atomic mass is 16.2. The highest BCUT2D eigenvalue weighted by molar-refractivity contribution is 5.87. The number of para-hydroxylation sites is 1. The predicted octanol–water partition coefficient (Wildman–Crippen LogP) is 1.52. The summed E-state index contributed by atoms with van der Waals surface area (Å²) in [4.78, 5) is 36.9.